The molecule has 0 saturated carbocycles. The monoisotopic (exact) mass is 335 g/mol. The first-order chi connectivity index (χ1) is 11.6. The second-order valence-corrected chi connectivity index (χ2v) is 6.10. The van der Waals surface area contributed by atoms with Crippen molar-refractivity contribution < 1.29 is 14.2 Å². The number of nitrogens with one attached hydrogen (secondary N) is 2. The molecule has 2 rings (SSSR count). The van der Waals surface area contributed by atoms with E-state index >= 15 is 0 Å². The topological polar surface area (TPSA) is 64.1 Å². The van der Waals surface area contributed by atoms with Gasteiger partial charge in [0.15, 0.2) is 17.5 Å². The second kappa shape index (κ2) is 8.78. The van der Waals surface area contributed by atoms with Crippen LogP contribution in [0, 0.1) is 0 Å². The first kappa shape index (κ1) is 18.4. The maximum absolute atomic E-state index is 5.82. The van der Waals surface area contributed by atoms with E-state index in [0.717, 1.165) is 55.6 Å². The Morgan fingerprint density at radius 3 is 2.75 bits per heavy atom. The van der Waals surface area contributed by atoms with Crippen LogP contribution in [-0.2, 0) is 11.3 Å². The zero-order chi connectivity index (χ0) is 17.4. The molecule has 1 aliphatic rings. The molecule has 0 bridgehead atoms. The van der Waals surface area contributed by atoms with E-state index in [0.29, 0.717) is 6.54 Å². The third-order valence-electron chi connectivity index (χ3n) is 4.17. The summed E-state index contributed by atoms with van der Waals surface area (Å²) < 4.78 is 16.6. The molecule has 1 aromatic rings. The summed E-state index contributed by atoms with van der Waals surface area (Å²) in [5.41, 5.74) is 0.876. The number of hydrogen-bond donors (Lipinski definition) is 2. The number of nitrogens with zero attached hydrogens (tertiary/aromatic N) is 1. The molecule has 1 unspecified atom stereocenters. The Morgan fingerprint density at radius 2 is 2.12 bits per heavy atom. The van der Waals surface area contributed by atoms with Gasteiger partial charge in [-0.3, -0.25) is 0 Å². The van der Waals surface area contributed by atoms with Gasteiger partial charge in [-0.2, -0.15) is 0 Å². The molecule has 1 saturated heterocycles. The summed E-state index contributed by atoms with van der Waals surface area (Å²) >= 11 is 0. The largest absolute Gasteiger partial charge is 0.493 e. The zero-order valence-corrected chi connectivity index (χ0v) is 15.1. The van der Waals surface area contributed by atoms with Gasteiger partial charge in [0.05, 0.1) is 26.4 Å². The van der Waals surface area contributed by atoms with Gasteiger partial charge in [0.2, 0.25) is 0 Å². The van der Waals surface area contributed by atoms with Gasteiger partial charge in [-0.1, -0.05) is 12.1 Å². The van der Waals surface area contributed by atoms with Crippen LogP contribution < -0.4 is 20.1 Å². The maximum Gasteiger partial charge on any atom is 0.191 e. The van der Waals surface area contributed by atoms with Gasteiger partial charge in [0.1, 0.15) is 0 Å². The highest BCUT2D eigenvalue weighted by atomic mass is 16.5. The minimum Gasteiger partial charge on any atom is -0.493 e. The fraction of sp³-hybridized carbons (Fsp3) is 0.611. The molecule has 6 heteroatoms. The lowest BCUT2D eigenvalue weighted by Gasteiger charge is -2.24. The average Bonchev–Trinajstić information content (AvgIpc) is 3.03. The van der Waals surface area contributed by atoms with Crippen LogP contribution in [0.15, 0.2) is 23.2 Å². The molecule has 0 radical (unpaired) electrons. The summed E-state index contributed by atoms with van der Waals surface area (Å²) in [6.45, 7) is 7.09. The van der Waals surface area contributed by atoms with E-state index in [4.69, 9.17) is 14.2 Å². The maximum atomic E-state index is 5.82. The average molecular weight is 335 g/mol. The van der Waals surface area contributed by atoms with Crippen LogP contribution in [-0.4, -0.2) is 45.5 Å². The van der Waals surface area contributed by atoms with E-state index < -0.39 is 0 Å². The fourth-order valence-corrected chi connectivity index (χ4v) is 2.83. The van der Waals surface area contributed by atoms with E-state index in [2.05, 4.69) is 29.5 Å². The van der Waals surface area contributed by atoms with Crippen molar-refractivity contribution in [3.05, 3.63) is 23.8 Å². The number of ether oxygens (including phenoxy) is 3. The number of benzene rings is 1. The predicted molar refractivity (Wildman–Crippen MR) is 96.0 cm³/mol. The summed E-state index contributed by atoms with van der Waals surface area (Å²) in [6.07, 6.45) is 2.19. The second-order valence-electron chi connectivity index (χ2n) is 6.10. The van der Waals surface area contributed by atoms with Crippen molar-refractivity contribution in [2.24, 2.45) is 4.99 Å². The van der Waals surface area contributed by atoms with Gasteiger partial charge >= 0.3 is 0 Å². The van der Waals surface area contributed by atoms with Gasteiger partial charge in [-0.15, -0.1) is 0 Å². The Morgan fingerprint density at radius 1 is 1.29 bits per heavy atom. The van der Waals surface area contributed by atoms with Gasteiger partial charge in [0, 0.05) is 25.3 Å². The van der Waals surface area contributed by atoms with Crippen LogP contribution in [0.3, 0.4) is 0 Å². The Kier molecular flexibility index (Phi) is 6.73. The van der Waals surface area contributed by atoms with Crippen molar-refractivity contribution in [1.29, 1.82) is 0 Å². The lowest BCUT2D eigenvalue weighted by atomic mass is 10.0. The lowest BCUT2D eigenvalue weighted by molar-refractivity contribution is 0.0243. The lowest BCUT2D eigenvalue weighted by Crippen LogP contribution is -2.45. The SMILES string of the molecule is CCNC(=NCc1cccc(OC)c1OC)NCC1(C)CCCO1. The van der Waals surface area contributed by atoms with Crippen LogP contribution in [0.25, 0.3) is 0 Å². The highest BCUT2D eigenvalue weighted by molar-refractivity contribution is 5.79. The first-order valence-corrected chi connectivity index (χ1v) is 8.48. The van der Waals surface area contributed by atoms with Crippen LogP contribution in [0.1, 0.15) is 32.3 Å². The molecule has 0 spiro atoms. The molecule has 1 atom stereocenters. The third-order valence-corrected chi connectivity index (χ3v) is 4.17. The predicted octanol–water partition coefficient (Wildman–Crippen LogP) is 2.33. The van der Waals surface area contributed by atoms with Gasteiger partial charge in [-0.25, -0.2) is 4.99 Å². The number of methoxy groups -OCH3 is 2. The molecule has 2 N–H and O–H groups in total. The highest BCUT2D eigenvalue weighted by Gasteiger charge is 2.29. The molecule has 1 fully saturated rings. The zero-order valence-electron chi connectivity index (χ0n) is 15.1. The number of para-hydroxylation sites is 1. The van der Waals surface area contributed by atoms with E-state index in [1.54, 1.807) is 14.2 Å². The molecular weight excluding hydrogens is 306 g/mol. The van der Waals surface area contributed by atoms with Gasteiger partial charge in [-0.05, 0) is 32.8 Å². The first-order valence-electron chi connectivity index (χ1n) is 8.48. The summed E-state index contributed by atoms with van der Waals surface area (Å²) in [7, 11) is 3.28. The minimum atomic E-state index is -0.107. The molecule has 0 aromatic heterocycles. The molecule has 1 heterocycles. The summed E-state index contributed by atoms with van der Waals surface area (Å²) in [6, 6.07) is 5.82. The molecule has 6 nitrogen and oxygen atoms in total. The molecule has 0 aliphatic carbocycles. The van der Waals surface area contributed by atoms with Crippen molar-refractivity contribution in [3.8, 4) is 11.5 Å². The van der Waals surface area contributed by atoms with Crippen LogP contribution >= 0.6 is 0 Å². The third kappa shape index (κ3) is 4.77. The number of aliphatic imine (C=N–C) groups is 1. The summed E-state index contributed by atoms with van der Waals surface area (Å²) in [5, 5.41) is 6.65. The smallest absolute Gasteiger partial charge is 0.191 e. The van der Waals surface area contributed by atoms with E-state index in [1.807, 2.05) is 18.2 Å². The fourth-order valence-electron chi connectivity index (χ4n) is 2.83. The summed E-state index contributed by atoms with van der Waals surface area (Å²) in [5.74, 6) is 2.22. The molecular formula is C18H29N3O3. The van der Waals surface area contributed by atoms with Crippen molar-refractivity contribution in [2.45, 2.75) is 38.8 Å². The van der Waals surface area contributed by atoms with Crippen molar-refractivity contribution >= 4 is 5.96 Å². The van der Waals surface area contributed by atoms with E-state index in [1.165, 1.54) is 0 Å². The van der Waals surface area contributed by atoms with Gasteiger partial charge < -0.3 is 24.8 Å². The van der Waals surface area contributed by atoms with Crippen molar-refractivity contribution in [3.63, 3.8) is 0 Å². The van der Waals surface area contributed by atoms with Crippen LogP contribution in [0.2, 0.25) is 0 Å². The summed E-state index contributed by atoms with van der Waals surface area (Å²) in [4.78, 5) is 4.66. The number of guanidine groups is 1. The Hall–Kier alpha value is -1.95. The van der Waals surface area contributed by atoms with Crippen molar-refractivity contribution in [1.82, 2.24) is 10.6 Å². The Labute approximate surface area is 144 Å². The van der Waals surface area contributed by atoms with Crippen LogP contribution in [0.5, 0.6) is 11.5 Å². The highest BCUT2D eigenvalue weighted by Crippen LogP contribution is 2.31. The van der Waals surface area contributed by atoms with E-state index in [-0.39, 0.29) is 5.60 Å². The van der Waals surface area contributed by atoms with E-state index in [9.17, 15) is 0 Å². The molecule has 0 amide bonds. The quantitative estimate of drug-likeness (QED) is 0.591. The van der Waals surface area contributed by atoms with Gasteiger partial charge in [0.25, 0.3) is 0 Å². The number of hydrogen-bond acceptors (Lipinski definition) is 4. The Balaban J connectivity index is 2.05. The van der Waals surface area contributed by atoms with Crippen LogP contribution in [0.4, 0.5) is 0 Å². The molecule has 1 aromatic carbocycles. The van der Waals surface area contributed by atoms with Crippen molar-refractivity contribution in [2.75, 3.05) is 33.9 Å². The normalized spacial score (nSPS) is 20.8. The standard InChI is InChI=1S/C18H29N3O3/c1-5-19-17(21-13-18(2)10-7-11-24-18)20-12-14-8-6-9-15(22-3)16(14)23-4/h6,8-9H,5,7,10-13H2,1-4H3,(H2,19,20,21). The molecule has 1 aliphatic heterocycles. The minimum absolute atomic E-state index is 0.107. The molecule has 134 valence electrons. The number of rotatable bonds is 7. The Bertz CT molecular complexity index is 554. The molecule has 24 heavy (non-hydrogen) atoms.